The number of nitrogens with one attached hydrogen (secondary N) is 2. The Morgan fingerprint density at radius 3 is 2.65 bits per heavy atom. The molecule has 31 heavy (non-hydrogen) atoms. The van der Waals surface area contributed by atoms with Gasteiger partial charge in [-0.05, 0) is 50.1 Å². The second-order valence-corrected chi connectivity index (χ2v) is 7.93. The highest BCUT2D eigenvalue weighted by Crippen LogP contribution is 2.25. The van der Waals surface area contributed by atoms with E-state index >= 15 is 0 Å². The van der Waals surface area contributed by atoms with Crippen molar-refractivity contribution in [3.8, 4) is 11.4 Å². The number of H-pyrrole nitrogens is 1. The van der Waals surface area contributed by atoms with Gasteiger partial charge in [0.25, 0.3) is 11.7 Å². The van der Waals surface area contributed by atoms with Crippen LogP contribution in [0.3, 0.4) is 0 Å². The van der Waals surface area contributed by atoms with Gasteiger partial charge < -0.3 is 14.9 Å². The van der Waals surface area contributed by atoms with Crippen LogP contribution in [0.1, 0.15) is 41.1 Å². The van der Waals surface area contributed by atoms with E-state index in [9.17, 15) is 9.59 Å². The summed E-state index contributed by atoms with van der Waals surface area (Å²) < 4.78 is 2.18. The number of hydrogen-bond acceptors (Lipinski definition) is 4. The molecule has 2 aromatic carbocycles. The van der Waals surface area contributed by atoms with Crippen LogP contribution in [0.5, 0.6) is 0 Å². The fourth-order valence-electron chi connectivity index (χ4n) is 4.27. The smallest absolute Gasteiger partial charge is 0.296 e. The molecule has 3 heterocycles. The molecule has 0 aliphatic carbocycles. The largest absolute Gasteiger partial charge is 0.358 e. The molecule has 0 fully saturated rings. The van der Waals surface area contributed by atoms with E-state index in [-0.39, 0.29) is 0 Å². The summed E-state index contributed by atoms with van der Waals surface area (Å²) in [5, 5.41) is 12.2. The minimum absolute atomic E-state index is 0.413. The highest BCUT2D eigenvalue weighted by molar-refractivity contribution is 6.48. The Morgan fingerprint density at radius 2 is 1.81 bits per heavy atom. The molecule has 0 bridgehead atoms. The van der Waals surface area contributed by atoms with Crippen molar-refractivity contribution in [3.63, 3.8) is 0 Å². The normalized spacial score (nSPS) is 13.6. The van der Waals surface area contributed by atoms with E-state index in [1.54, 1.807) is 19.1 Å². The molecule has 1 aliphatic rings. The molecule has 0 atom stereocenters. The lowest BCUT2D eigenvalue weighted by Crippen LogP contribution is -2.23. The number of carbonyl (C=O) groups excluding carboxylic acids is 2. The summed E-state index contributed by atoms with van der Waals surface area (Å²) in [5.74, 6) is 0.670. The summed E-state index contributed by atoms with van der Waals surface area (Å²) >= 11 is 0. The number of ketones is 1. The number of anilines is 1. The molecule has 7 heteroatoms. The number of rotatable bonds is 4. The Kier molecular flexibility index (Phi) is 4.86. The number of fused-ring (bicyclic) bond motifs is 2. The minimum Gasteiger partial charge on any atom is -0.358 e. The zero-order valence-corrected chi connectivity index (χ0v) is 17.3. The molecule has 2 N–H and O–H groups in total. The number of amides is 1. The van der Waals surface area contributed by atoms with E-state index in [0.717, 1.165) is 53.9 Å². The molecule has 0 spiro atoms. The van der Waals surface area contributed by atoms with Gasteiger partial charge in [0.2, 0.25) is 0 Å². The quantitative estimate of drug-likeness (QED) is 0.386. The zero-order valence-electron chi connectivity index (χ0n) is 17.3. The van der Waals surface area contributed by atoms with Crippen molar-refractivity contribution < 1.29 is 9.59 Å². The van der Waals surface area contributed by atoms with Crippen molar-refractivity contribution in [2.45, 2.75) is 39.2 Å². The van der Waals surface area contributed by atoms with Crippen molar-refractivity contribution in [2.75, 3.05) is 5.32 Å². The van der Waals surface area contributed by atoms with Gasteiger partial charge >= 0.3 is 0 Å². The summed E-state index contributed by atoms with van der Waals surface area (Å²) in [5.41, 5.74) is 3.45. The molecule has 0 saturated carbocycles. The van der Waals surface area contributed by atoms with Gasteiger partial charge in [-0.3, -0.25) is 9.59 Å². The predicted octanol–water partition coefficient (Wildman–Crippen LogP) is 4.28. The van der Waals surface area contributed by atoms with Gasteiger partial charge in [0.1, 0.15) is 5.82 Å². The maximum atomic E-state index is 12.8. The fraction of sp³-hybridized carbons (Fsp3) is 0.250. The van der Waals surface area contributed by atoms with Crippen LogP contribution in [0.15, 0.2) is 48.5 Å². The molecule has 0 unspecified atom stereocenters. The first-order chi connectivity index (χ1) is 15.1. The lowest BCUT2D eigenvalue weighted by Gasteiger charge is -2.08. The second-order valence-electron chi connectivity index (χ2n) is 7.93. The van der Waals surface area contributed by atoms with Crippen LogP contribution >= 0.6 is 0 Å². The maximum Gasteiger partial charge on any atom is 0.296 e. The van der Waals surface area contributed by atoms with Gasteiger partial charge in [-0.15, -0.1) is 10.2 Å². The van der Waals surface area contributed by atoms with E-state index in [2.05, 4.69) is 25.1 Å². The van der Waals surface area contributed by atoms with Gasteiger partial charge in [-0.25, -0.2) is 0 Å². The lowest BCUT2D eigenvalue weighted by atomic mass is 10.1. The van der Waals surface area contributed by atoms with E-state index in [1.165, 1.54) is 6.42 Å². The average Bonchev–Trinajstić information content (AvgIpc) is 3.24. The molecule has 5 rings (SSSR count). The number of carbonyl (C=O) groups is 2. The summed E-state index contributed by atoms with van der Waals surface area (Å²) in [7, 11) is 0. The van der Waals surface area contributed by atoms with Crippen molar-refractivity contribution >= 4 is 28.3 Å². The summed E-state index contributed by atoms with van der Waals surface area (Å²) in [6.45, 7) is 2.73. The van der Waals surface area contributed by atoms with E-state index in [0.29, 0.717) is 16.9 Å². The fourth-order valence-corrected chi connectivity index (χ4v) is 4.27. The highest BCUT2D eigenvalue weighted by Gasteiger charge is 2.23. The number of hydrogen-bond donors (Lipinski definition) is 2. The summed E-state index contributed by atoms with van der Waals surface area (Å²) in [6, 6.07) is 14.9. The van der Waals surface area contributed by atoms with Crippen molar-refractivity contribution in [1.29, 1.82) is 0 Å². The number of nitrogens with zero attached hydrogens (tertiary/aromatic N) is 3. The third-order valence-electron chi connectivity index (χ3n) is 5.84. The molecule has 7 nitrogen and oxygen atoms in total. The number of Topliss-reactive ketones (excluding diaryl/α,β-unsaturated/α-hetero) is 1. The Bertz CT molecular complexity index is 1280. The highest BCUT2D eigenvalue weighted by atomic mass is 16.2. The number of aromatic amines is 1. The van der Waals surface area contributed by atoms with E-state index < -0.39 is 11.7 Å². The van der Waals surface area contributed by atoms with Gasteiger partial charge in [0, 0.05) is 40.8 Å². The SMILES string of the molecule is Cc1[nH]c2ccccc2c1C(=O)C(=O)Nc1ccc(-c2nnc3n2CCCCC3)cc1. The van der Waals surface area contributed by atoms with Crippen molar-refractivity contribution in [2.24, 2.45) is 0 Å². The summed E-state index contributed by atoms with van der Waals surface area (Å²) in [6.07, 6.45) is 4.43. The minimum atomic E-state index is -0.656. The van der Waals surface area contributed by atoms with Crippen LogP contribution in [0.2, 0.25) is 0 Å². The zero-order chi connectivity index (χ0) is 21.4. The number of benzene rings is 2. The van der Waals surface area contributed by atoms with E-state index in [1.807, 2.05) is 36.4 Å². The summed E-state index contributed by atoms with van der Waals surface area (Å²) in [4.78, 5) is 28.7. The molecule has 1 amide bonds. The third kappa shape index (κ3) is 3.52. The lowest BCUT2D eigenvalue weighted by molar-refractivity contribution is -0.112. The topological polar surface area (TPSA) is 92.7 Å². The molecule has 1 aliphatic heterocycles. The molecule has 0 radical (unpaired) electrons. The number of para-hydroxylation sites is 1. The molecule has 156 valence electrons. The van der Waals surface area contributed by atoms with Gasteiger partial charge in [0.15, 0.2) is 5.82 Å². The van der Waals surface area contributed by atoms with Crippen LogP contribution in [0, 0.1) is 6.92 Å². The molecule has 4 aromatic rings. The van der Waals surface area contributed by atoms with Crippen LogP contribution in [0.25, 0.3) is 22.3 Å². The van der Waals surface area contributed by atoms with Crippen LogP contribution in [0.4, 0.5) is 5.69 Å². The standard InChI is InChI=1S/C24H23N5O2/c1-15-21(18-7-4-5-8-19(18)25-15)22(30)24(31)26-17-12-10-16(11-13-17)23-28-27-20-9-3-2-6-14-29(20)23/h4-5,7-8,10-13,25H,2-3,6,9,14H2,1H3,(H,26,31). The first-order valence-corrected chi connectivity index (χ1v) is 10.6. The molecular formula is C24H23N5O2. The van der Waals surface area contributed by atoms with Gasteiger partial charge in [-0.1, -0.05) is 24.6 Å². The van der Waals surface area contributed by atoms with Gasteiger partial charge in [0.05, 0.1) is 5.56 Å². The first kappa shape index (κ1) is 19.2. The third-order valence-corrected chi connectivity index (χ3v) is 5.84. The Balaban J connectivity index is 1.35. The Hall–Kier alpha value is -3.74. The molecule has 0 saturated heterocycles. The predicted molar refractivity (Wildman–Crippen MR) is 119 cm³/mol. The van der Waals surface area contributed by atoms with Crippen LogP contribution < -0.4 is 5.32 Å². The number of aromatic nitrogens is 4. The Labute approximate surface area is 179 Å². The monoisotopic (exact) mass is 413 g/mol. The van der Waals surface area contributed by atoms with E-state index in [4.69, 9.17) is 0 Å². The average molecular weight is 413 g/mol. The van der Waals surface area contributed by atoms with Crippen molar-refractivity contribution in [3.05, 3.63) is 65.6 Å². The maximum absolute atomic E-state index is 12.8. The van der Waals surface area contributed by atoms with Crippen LogP contribution in [-0.4, -0.2) is 31.4 Å². The van der Waals surface area contributed by atoms with Crippen molar-refractivity contribution in [1.82, 2.24) is 19.7 Å². The molecule has 2 aromatic heterocycles. The molecular weight excluding hydrogens is 390 g/mol. The van der Waals surface area contributed by atoms with Gasteiger partial charge in [-0.2, -0.15) is 0 Å². The first-order valence-electron chi connectivity index (χ1n) is 10.6. The Morgan fingerprint density at radius 1 is 1.00 bits per heavy atom. The van der Waals surface area contributed by atoms with Crippen LogP contribution in [-0.2, 0) is 17.8 Å². The second kappa shape index (κ2) is 7.83. The number of aryl methyl sites for hydroxylation is 2.